The van der Waals surface area contributed by atoms with Crippen LogP contribution in [0.3, 0.4) is 0 Å². The smallest absolute Gasteiger partial charge is 0.549 e. The van der Waals surface area contributed by atoms with Gasteiger partial charge in [0.2, 0.25) is 0 Å². The third kappa shape index (κ3) is 6.28. The summed E-state index contributed by atoms with van der Waals surface area (Å²) in [5.41, 5.74) is 0. The van der Waals surface area contributed by atoms with Crippen LogP contribution >= 0.6 is 0 Å². The molecule has 0 unspecified atom stereocenters. The Hall–Kier alpha value is -0.125. The number of carboxylic acids is 2. The fraction of sp³-hybridized carbons (Fsp3) is 0.200. The summed E-state index contributed by atoms with van der Waals surface area (Å²) in [6.07, 6.45) is 0.741. The maximum absolute atomic E-state index is 9.77. The molecule has 0 heterocycles. The average Bonchev–Trinajstić information content (AvgIpc) is 1.64. The molecule has 6 heteroatoms. The SMILES string of the molecule is C=CC(C(=O)[O-])C(=O)[O-].[Li+].[Li+]. The van der Waals surface area contributed by atoms with Crippen molar-refractivity contribution in [3.63, 3.8) is 0 Å². The van der Waals surface area contributed by atoms with E-state index in [0.717, 1.165) is 6.08 Å². The van der Waals surface area contributed by atoms with Crippen LogP contribution in [0, 0.1) is 5.92 Å². The summed E-state index contributed by atoms with van der Waals surface area (Å²) in [5, 5.41) is 19.5. The maximum Gasteiger partial charge on any atom is 1.00 e. The Morgan fingerprint density at radius 1 is 1.18 bits per heavy atom. The molecule has 0 saturated heterocycles. The second kappa shape index (κ2) is 7.98. The largest absolute Gasteiger partial charge is 1.00 e. The third-order valence-electron chi connectivity index (χ3n) is 0.744. The van der Waals surface area contributed by atoms with E-state index in [4.69, 9.17) is 0 Å². The topological polar surface area (TPSA) is 80.3 Å². The first kappa shape index (κ1) is 17.1. The maximum atomic E-state index is 9.77. The average molecular weight is 142 g/mol. The van der Waals surface area contributed by atoms with Gasteiger partial charge in [0.1, 0.15) is 0 Å². The van der Waals surface area contributed by atoms with Gasteiger partial charge in [0.25, 0.3) is 0 Å². The van der Waals surface area contributed by atoms with E-state index in [1.165, 1.54) is 0 Å². The van der Waals surface area contributed by atoms with Crippen molar-refractivity contribution >= 4 is 11.9 Å². The van der Waals surface area contributed by atoms with Gasteiger partial charge in [-0.05, 0) is 0 Å². The molecule has 0 aliphatic heterocycles. The van der Waals surface area contributed by atoms with Gasteiger partial charge in [-0.25, -0.2) is 0 Å². The van der Waals surface area contributed by atoms with Gasteiger partial charge in [0.05, 0.1) is 17.9 Å². The molecule has 0 amide bonds. The number of carboxylic acid groups (broad SMARTS) is 2. The van der Waals surface area contributed by atoms with Gasteiger partial charge in [-0.15, -0.1) is 6.58 Å². The summed E-state index contributed by atoms with van der Waals surface area (Å²) < 4.78 is 0. The molecule has 50 valence electrons. The summed E-state index contributed by atoms with van der Waals surface area (Å²) in [5.74, 6) is -5.11. The molecule has 0 atom stereocenters. The first-order chi connectivity index (χ1) is 4.09. The van der Waals surface area contributed by atoms with Gasteiger partial charge >= 0.3 is 37.7 Å². The molecule has 11 heavy (non-hydrogen) atoms. The zero-order valence-electron chi connectivity index (χ0n) is 6.49. The fourth-order valence-corrected chi connectivity index (χ4v) is 0.289. The molecule has 0 aromatic rings. The molecule has 0 N–H and O–H groups in total. The molecule has 0 aromatic carbocycles. The van der Waals surface area contributed by atoms with Crippen molar-refractivity contribution in [2.24, 2.45) is 5.92 Å². The Bertz CT molecular complexity index is 143. The van der Waals surface area contributed by atoms with E-state index < -0.39 is 17.9 Å². The first-order valence-electron chi connectivity index (χ1n) is 2.14. The van der Waals surface area contributed by atoms with E-state index in [-0.39, 0.29) is 37.7 Å². The second-order valence-corrected chi connectivity index (χ2v) is 1.35. The number of carbonyl (C=O) groups excluding carboxylic acids is 2. The molecule has 0 aromatic heterocycles. The van der Waals surface area contributed by atoms with Crippen LogP contribution in [0.4, 0.5) is 0 Å². The Labute approximate surface area is 88.0 Å². The second-order valence-electron chi connectivity index (χ2n) is 1.35. The quantitative estimate of drug-likeness (QED) is 0.222. The predicted octanol–water partition coefficient (Wildman–Crippen LogP) is -8.70. The molecule has 0 saturated carbocycles. The Morgan fingerprint density at radius 2 is 1.45 bits per heavy atom. The molecule has 0 aliphatic carbocycles. The van der Waals surface area contributed by atoms with Gasteiger partial charge in [-0.3, -0.25) is 0 Å². The number of aliphatic carboxylic acids is 2. The first-order valence-corrected chi connectivity index (χ1v) is 2.14. The molecule has 0 bridgehead atoms. The van der Waals surface area contributed by atoms with E-state index in [2.05, 4.69) is 6.58 Å². The zero-order valence-corrected chi connectivity index (χ0v) is 6.49. The minimum Gasteiger partial charge on any atom is -0.549 e. The minimum atomic E-state index is -1.70. The standard InChI is InChI=1S/C5H6O4.2Li/c1-2-3(4(6)7)5(8)9;;/h2-3H,1H2,(H,6,7)(H,8,9);;/q;2*+1/p-2. The van der Waals surface area contributed by atoms with E-state index in [1.54, 1.807) is 0 Å². The van der Waals surface area contributed by atoms with Gasteiger partial charge in [0.15, 0.2) is 0 Å². The minimum absolute atomic E-state index is 0. The molecular weight excluding hydrogens is 138 g/mol. The van der Waals surface area contributed by atoms with Crippen LogP contribution in [0.2, 0.25) is 0 Å². The van der Waals surface area contributed by atoms with E-state index in [9.17, 15) is 19.8 Å². The summed E-state index contributed by atoms with van der Waals surface area (Å²) in [4.78, 5) is 19.5. The third-order valence-corrected chi connectivity index (χ3v) is 0.744. The van der Waals surface area contributed by atoms with Crippen molar-refractivity contribution < 1.29 is 57.5 Å². The van der Waals surface area contributed by atoms with Gasteiger partial charge in [0, 0.05) is 0 Å². The van der Waals surface area contributed by atoms with Crippen LogP contribution in [-0.4, -0.2) is 11.9 Å². The van der Waals surface area contributed by atoms with Crippen LogP contribution in [0.1, 0.15) is 0 Å². The zero-order chi connectivity index (χ0) is 7.44. The van der Waals surface area contributed by atoms with Crippen LogP contribution in [0.5, 0.6) is 0 Å². The molecule has 0 spiro atoms. The number of rotatable bonds is 3. The van der Waals surface area contributed by atoms with E-state index in [1.807, 2.05) is 0 Å². The van der Waals surface area contributed by atoms with Gasteiger partial charge in [-0.2, -0.15) is 0 Å². The monoisotopic (exact) mass is 142 g/mol. The van der Waals surface area contributed by atoms with Crippen molar-refractivity contribution in [2.45, 2.75) is 0 Å². The van der Waals surface area contributed by atoms with Crippen molar-refractivity contribution in [1.82, 2.24) is 0 Å². The van der Waals surface area contributed by atoms with Gasteiger partial charge < -0.3 is 19.8 Å². The van der Waals surface area contributed by atoms with Crippen molar-refractivity contribution in [2.75, 3.05) is 0 Å². The van der Waals surface area contributed by atoms with E-state index in [0.29, 0.717) is 0 Å². The Morgan fingerprint density at radius 3 is 1.45 bits per heavy atom. The molecule has 4 nitrogen and oxygen atoms in total. The molecule has 0 radical (unpaired) electrons. The van der Waals surface area contributed by atoms with Crippen LogP contribution < -0.4 is 47.9 Å². The molecular formula is C5H4Li2O4. The number of hydrogen-bond acceptors (Lipinski definition) is 4. The van der Waals surface area contributed by atoms with Crippen molar-refractivity contribution in [1.29, 1.82) is 0 Å². The van der Waals surface area contributed by atoms with E-state index >= 15 is 0 Å². The molecule has 0 fully saturated rings. The van der Waals surface area contributed by atoms with Crippen LogP contribution in [0.25, 0.3) is 0 Å². The summed E-state index contributed by atoms with van der Waals surface area (Å²) in [6, 6.07) is 0. The predicted molar refractivity (Wildman–Crippen MR) is 23.7 cm³/mol. The Kier molecular flexibility index (Phi) is 12.4. The van der Waals surface area contributed by atoms with Crippen LogP contribution in [0.15, 0.2) is 12.7 Å². The van der Waals surface area contributed by atoms with Crippen molar-refractivity contribution in [3.05, 3.63) is 12.7 Å². The van der Waals surface area contributed by atoms with Crippen LogP contribution in [-0.2, 0) is 9.59 Å². The summed E-state index contributed by atoms with van der Waals surface area (Å²) in [6.45, 7) is 2.96. The summed E-state index contributed by atoms with van der Waals surface area (Å²) >= 11 is 0. The fourth-order valence-electron chi connectivity index (χ4n) is 0.289. The summed E-state index contributed by atoms with van der Waals surface area (Å²) in [7, 11) is 0. The molecule has 0 rings (SSSR count). The van der Waals surface area contributed by atoms with Gasteiger partial charge in [-0.1, -0.05) is 6.08 Å². The Balaban J connectivity index is -0.000000320. The number of carbonyl (C=O) groups is 2. The number of hydrogen-bond donors (Lipinski definition) is 0. The molecule has 0 aliphatic rings. The van der Waals surface area contributed by atoms with Crippen molar-refractivity contribution in [3.8, 4) is 0 Å². The normalized spacial score (nSPS) is 7.36.